The number of hydrogen-bond donors (Lipinski definition) is 4. The van der Waals surface area contributed by atoms with Crippen molar-refractivity contribution in [2.75, 3.05) is 39.6 Å². The number of unbranched alkanes of at least 4 members (excludes halogenated alkanes) is 25. The Hall–Kier alpha value is -4.83. The first-order valence-electron chi connectivity index (χ1n) is 39.8. The fourth-order valence-corrected chi connectivity index (χ4v) is 11.8. The van der Waals surface area contributed by atoms with E-state index in [0.29, 0.717) is 19.3 Å². The first kappa shape index (κ1) is 98.2. The smallest absolute Gasteiger partial charge is 0.463 e. The molecule has 0 aromatic carbocycles. The molecule has 0 fully saturated rings. The second-order valence-electron chi connectivity index (χ2n) is 26.1. The zero-order valence-electron chi connectivity index (χ0n) is 64.2. The van der Waals surface area contributed by atoms with Gasteiger partial charge < -0.3 is 34.2 Å². The van der Waals surface area contributed by atoms with Gasteiger partial charge in [-0.25, -0.2) is 9.13 Å². The van der Waals surface area contributed by atoms with Gasteiger partial charge in [0.25, 0.3) is 0 Å². The average Bonchev–Trinajstić information content (AvgIpc) is 0.947. The van der Waals surface area contributed by atoms with Gasteiger partial charge in [-0.1, -0.05) is 301 Å². The van der Waals surface area contributed by atoms with Gasteiger partial charge in [0, 0.05) is 19.3 Å². The normalized spacial score (nSPS) is 14.8. The Morgan fingerprint density at radius 3 is 0.816 bits per heavy atom. The summed E-state index contributed by atoms with van der Waals surface area (Å²) in [5.41, 5.74) is 0. The summed E-state index contributed by atoms with van der Waals surface area (Å²) in [7, 11) is -9.81. The molecule has 4 N–H and O–H groups in total. The molecular formula is C85H142O16P2. The van der Waals surface area contributed by atoms with Gasteiger partial charge in [-0.2, -0.15) is 0 Å². The zero-order chi connectivity index (χ0) is 75.2. The summed E-state index contributed by atoms with van der Waals surface area (Å²) in [5, 5.41) is 20.6. The van der Waals surface area contributed by atoms with Crippen LogP contribution in [-0.2, 0) is 55.8 Å². The third-order valence-corrected chi connectivity index (χ3v) is 18.1. The van der Waals surface area contributed by atoms with Crippen molar-refractivity contribution in [2.24, 2.45) is 0 Å². The maximum Gasteiger partial charge on any atom is 0.472 e. The topological polar surface area (TPSA) is 231 Å². The SMILES string of the molecule is CC/C=C\C/C=C\C/C=C\C/C=C\C/C=C\C/C=C\CCCCCCC(=O)OCC(COP(=O)(O)OCC(O)COP(=O)(O)OCC(O)COC(=O)CCCCCCCCCCCCCCCCC/C=C\C/C=C\C/C=C\C/C=C\C/C=C\CC)OC(=O)CCCCCCC/C=C\C/C=C\CCC. The van der Waals surface area contributed by atoms with Crippen LogP contribution in [0.25, 0.3) is 0 Å². The molecule has 5 atom stereocenters. The minimum Gasteiger partial charge on any atom is -0.463 e. The molecule has 0 aliphatic heterocycles. The standard InChI is InChI=1S/C85H142O16P2/c1-4-7-10-13-16-19-22-25-27-29-31-33-35-36-37-38-39-40-41-42-44-46-47-49-51-54-56-59-62-65-68-71-83(88)95-74-80(86)75-97-102(91,92)98-76-81(87)77-99-103(93,94)100-79-82(101-85(90)73-70-67-64-61-58-53-24-21-18-15-12-9-6-3)78-96-84(89)72-69-66-63-60-57-55-52-50-48-45-43-34-32-30-28-26-23-20-17-14-11-8-5-2/h7-8,10-12,15-17,19-21,24-28,31-34,36-37,45,48,52,55,80-82,86-87H,4-6,9,13-14,18,22-23,29-30,35,38-44,46-47,49-51,53-54,56-79H2,1-3H3,(H,91,92)(H,93,94)/b10-7-,11-8-,15-12-,19-16-,20-17-,24-21-,27-25-,28-26-,33-31-,34-32-,37-36-,48-45-,55-52-. The summed E-state index contributed by atoms with van der Waals surface area (Å²) in [6, 6.07) is 0. The number of aliphatic hydroxyl groups excluding tert-OH is 2. The Morgan fingerprint density at radius 1 is 0.282 bits per heavy atom. The summed E-state index contributed by atoms with van der Waals surface area (Å²) >= 11 is 0. The molecule has 0 aromatic heterocycles. The molecule has 103 heavy (non-hydrogen) atoms. The molecule has 0 aliphatic carbocycles. The van der Waals surface area contributed by atoms with Crippen molar-refractivity contribution in [3.63, 3.8) is 0 Å². The Bertz CT molecular complexity index is 2500. The van der Waals surface area contributed by atoms with E-state index in [1.807, 2.05) is 0 Å². The van der Waals surface area contributed by atoms with E-state index in [1.165, 1.54) is 77.0 Å². The number of carbonyl (C=O) groups is 3. The van der Waals surface area contributed by atoms with Crippen LogP contribution < -0.4 is 0 Å². The number of hydrogen-bond acceptors (Lipinski definition) is 14. The molecule has 0 aromatic rings. The average molecular weight is 1480 g/mol. The molecule has 0 aliphatic rings. The highest BCUT2D eigenvalue weighted by molar-refractivity contribution is 7.47. The first-order valence-corrected chi connectivity index (χ1v) is 42.8. The lowest BCUT2D eigenvalue weighted by atomic mass is 10.0. The highest BCUT2D eigenvalue weighted by Crippen LogP contribution is 2.45. The van der Waals surface area contributed by atoms with Crippen LogP contribution >= 0.6 is 15.6 Å². The van der Waals surface area contributed by atoms with E-state index in [9.17, 15) is 43.5 Å². The minimum absolute atomic E-state index is 0.0778. The molecule has 16 nitrogen and oxygen atoms in total. The molecule has 0 saturated carbocycles. The highest BCUT2D eigenvalue weighted by Gasteiger charge is 2.29. The van der Waals surface area contributed by atoms with Gasteiger partial charge in [0.1, 0.15) is 25.4 Å². The van der Waals surface area contributed by atoms with E-state index in [0.717, 1.165) is 167 Å². The molecular weight excluding hydrogens is 1340 g/mol. The number of ether oxygens (including phenoxy) is 3. The molecule has 0 saturated heterocycles. The van der Waals surface area contributed by atoms with E-state index >= 15 is 0 Å². The maximum absolute atomic E-state index is 12.9. The van der Waals surface area contributed by atoms with Crippen molar-refractivity contribution in [3.05, 3.63) is 158 Å². The van der Waals surface area contributed by atoms with Crippen LogP contribution in [-0.4, -0.2) is 95.9 Å². The van der Waals surface area contributed by atoms with Crippen molar-refractivity contribution in [2.45, 2.75) is 322 Å². The minimum atomic E-state index is -4.94. The van der Waals surface area contributed by atoms with Gasteiger partial charge in [-0.05, 0) is 141 Å². The molecule has 0 rings (SSSR count). The second kappa shape index (κ2) is 76.8. The number of carbonyl (C=O) groups excluding carboxylic acids is 3. The van der Waals surface area contributed by atoms with Crippen molar-refractivity contribution >= 4 is 33.6 Å². The molecule has 0 heterocycles. The molecule has 0 bridgehead atoms. The highest BCUT2D eigenvalue weighted by atomic mass is 31.2. The van der Waals surface area contributed by atoms with Crippen molar-refractivity contribution < 1.29 is 75.8 Å². The van der Waals surface area contributed by atoms with Crippen LogP contribution in [0.4, 0.5) is 0 Å². The number of rotatable bonds is 74. The van der Waals surface area contributed by atoms with Gasteiger partial charge in [-0.3, -0.25) is 32.5 Å². The fraction of sp³-hybridized carbons (Fsp3) is 0.659. The Morgan fingerprint density at radius 2 is 0.515 bits per heavy atom. The lowest BCUT2D eigenvalue weighted by molar-refractivity contribution is -0.161. The number of allylic oxidation sites excluding steroid dienone is 26. The molecule has 588 valence electrons. The van der Waals surface area contributed by atoms with E-state index in [4.69, 9.17) is 32.3 Å². The van der Waals surface area contributed by atoms with Gasteiger partial charge in [0.2, 0.25) is 0 Å². The lowest BCUT2D eigenvalue weighted by Crippen LogP contribution is -2.30. The van der Waals surface area contributed by atoms with E-state index in [-0.39, 0.29) is 19.3 Å². The Kier molecular flexibility index (Phi) is 73.2. The molecule has 0 radical (unpaired) electrons. The zero-order valence-corrected chi connectivity index (χ0v) is 66.0. The third-order valence-electron chi connectivity index (χ3n) is 16.2. The molecule has 18 heteroatoms. The van der Waals surface area contributed by atoms with E-state index in [1.54, 1.807) is 0 Å². The Labute approximate surface area is 625 Å². The van der Waals surface area contributed by atoms with Gasteiger partial charge >= 0.3 is 33.6 Å². The molecule has 0 amide bonds. The number of phosphoric acid groups is 2. The van der Waals surface area contributed by atoms with Crippen LogP contribution in [0.1, 0.15) is 303 Å². The number of esters is 3. The molecule has 0 spiro atoms. The summed E-state index contributed by atoms with van der Waals surface area (Å²) in [6.07, 6.45) is 95.9. The van der Waals surface area contributed by atoms with Crippen LogP contribution in [0.5, 0.6) is 0 Å². The van der Waals surface area contributed by atoms with E-state index < -0.39 is 91.5 Å². The van der Waals surface area contributed by atoms with Crippen molar-refractivity contribution in [1.82, 2.24) is 0 Å². The summed E-state index contributed by atoms with van der Waals surface area (Å²) in [4.78, 5) is 58.6. The van der Waals surface area contributed by atoms with Gasteiger partial charge in [-0.15, -0.1) is 0 Å². The summed E-state index contributed by atoms with van der Waals surface area (Å²) < 4.78 is 61.1. The van der Waals surface area contributed by atoms with E-state index in [2.05, 4.69) is 179 Å². The van der Waals surface area contributed by atoms with Crippen LogP contribution in [0, 0.1) is 0 Å². The van der Waals surface area contributed by atoms with Gasteiger partial charge in [0.05, 0.1) is 26.4 Å². The summed E-state index contributed by atoms with van der Waals surface area (Å²) in [5.74, 6) is -1.62. The fourth-order valence-electron chi connectivity index (χ4n) is 10.2. The maximum atomic E-state index is 12.9. The van der Waals surface area contributed by atoms with Crippen molar-refractivity contribution in [3.8, 4) is 0 Å². The Balaban J connectivity index is 4.50. The van der Waals surface area contributed by atoms with Crippen LogP contribution in [0.3, 0.4) is 0 Å². The first-order chi connectivity index (χ1) is 50.2. The second-order valence-corrected chi connectivity index (χ2v) is 29.0. The number of phosphoric ester groups is 2. The lowest BCUT2D eigenvalue weighted by Gasteiger charge is -2.21. The number of aliphatic hydroxyl groups is 2. The van der Waals surface area contributed by atoms with Crippen molar-refractivity contribution in [1.29, 1.82) is 0 Å². The van der Waals surface area contributed by atoms with Crippen LogP contribution in [0.15, 0.2) is 158 Å². The molecule has 5 unspecified atom stereocenters. The predicted molar refractivity (Wildman–Crippen MR) is 426 cm³/mol. The largest absolute Gasteiger partial charge is 0.472 e. The summed E-state index contributed by atoms with van der Waals surface area (Å²) in [6.45, 7) is 2.33. The quantitative estimate of drug-likeness (QED) is 0.0146. The van der Waals surface area contributed by atoms with Crippen LogP contribution in [0.2, 0.25) is 0 Å². The monoisotopic (exact) mass is 1480 g/mol. The third kappa shape index (κ3) is 78.1. The van der Waals surface area contributed by atoms with Gasteiger partial charge in [0.15, 0.2) is 6.10 Å². The predicted octanol–water partition coefficient (Wildman–Crippen LogP) is 23.4.